The number of nitrogens with zero attached hydrogens (tertiary/aromatic N) is 1. The van der Waals surface area contributed by atoms with Crippen LogP contribution in [0.5, 0.6) is 0 Å². The van der Waals surface area contributed by atoms with Crippen molar-refractivity contribution in [3.05, 3.63) is 65.7 Å². The van der Waals surface area contributed by atoms with Gasteiger partial charge in [0.25, 0.3) is 11.1 Å². The molecule has 2 aromatic carbocycles. The molecule has 0 radical (unpaired) electrons. The van der Waals surface area contributed by atoms with E-state index in [0.717, 1.165) is 15.4 Å². The van der Waals surface area contributed by atoms with Gasteiger partial charge >= 0.3 is 5.51 Å². The van der Waals surface area contributed by atoms with Crippen molar-refractivity contribution in [2.75, 3.05) is 13.1 Å². The first kappa shape index (κ1) is 21.9. The van der Waals surface area contributed by atoms with Crippen molar-refractivity contribution in [2.45, 2.75) is 35.8 Å². The topological polar surface area (TPSA) is 63.7 Å². The van der Waals surface area contributed by atoms with E-state index in [1.54, 1.807) is 42.5 Å². The molecule has 0 N–H and O–H groups in total. The number of hydrogen-bond donors (Lipinski definition) is 0. The number of piperidine rings is 1. The summed E-state index contributed by atoms with van der Waals surface area (Å²) in [5.74, 6) is -0.389. The fourth-order valence-corrected chi connectivity index (χ4v) is 5.30. The van der Waals surface area contributed by atoms with E-state index in [0.29, 0.717) is 0 Å². The van der Waals surface area contributed by atoms with Crippen molar-refractivity contribution in [1.82, 2.24) is 4.31 Å². The summed E-state index contributed by atoms with van der Waals surface area (Å²) in [6.07, 6.45) is -1.03. The lowest BCUT2D eigenvalue weighted by molar-refractivity contribution is -0.0515. The molecule has 5 nitrogen and oxygen atoms in total. The summed E-state index contributed by atoms with van der Waals surface area (Å²) in [7, 11) is -3.95. The van der Waals surface area contributed by atoms with Crippen LogP contribution in [0, 0.1) is 6.92 Å². The first-order valence-electron chi connectivity index (χ1n) is 8.85. The molecular formula is C19H20F3NO4S2. The summed E-state index contributed by atoms with van der Waals surface area (Å²) >= 11 is -3.52. The number of sulfonamides is 1. The standard InChI is InChI=1S/C19H20F3NO4S2/c1-14-7-9-18(10-8-14)29(25,26)23-12-16(15-5-3-2-4-6-15)11-17(13-23)27-28(24)19(20,21)22/h2-10,16-17H,11-13H2,1H3/t16-,17+,28?/m0/s1. The Labute approximate surface area is 170 Å². The minimum Gasteiger partial charge on any atom is -0.279 e. The first-order valence-corrected chi connectivity index (χ1v) is 11.4. The van der Waals surface area contributed by atoms with Crippen molar-refractivity contribution < 1.29 is 30.0 Å². The second-order valence-electron chi connectivity index (χ2n) is 6.88. The second-order valence-corrected chi connectivity index (χ2v) is 9.94. The molecule has 0 bridgehead atoms. The molecule has 1 fully saturated rings. The molecule has 1 aliphatic heterocycles. The van der Waals surface area contributed by atoms with Gasteiger partial charge in [-0.3, -0.25) is 4.18 Å². The quantitative estimate of drug-likeness (QED) is 0.701. The summed E-state index contributed by atoms with van der Waals surface area (Å²) in [6.45, 7) is 1.61. The molecule has 1 aliphatic rings. The Balaban J connectivity index is 1.91. The van der Waals surface area contributed by atoms with Crippen LogP contribution >= 0.6 is 0 Å². The maximum atomic E-state index is 13.1. The Morgan fingerprint density at radius 3 is 2.24 bits per heavy atom. The van der Waals surface area contributed by atoms with E-state index < -0.39 is 32.7 Å². The summed E-state index contributed by atoms with van der Waals surface area (Å²) in [6, 6.07) is 15.1. The monoisotopic (exact) mass is 447 g/mol. The lowest BCUT2D eigenvalue weighted by atomic mass is 9.90. The van der Waals surface area contributed by atoms with Crippen LogP contribution in [-0.4, -0.2) is 41.6 Å². The Morgan fingerprint density at radius 1 is 1.03 bits per heavy atom. The third-order valence-electron chi connectivity index (χ3n) is 4.72. The average Bonchev–Trinajstić information content (AvgIpc) is 2.68. The van der Waals surface area contributed by atoms with Crippen LogP contribution in [0.25, 0.3) is 0 Å². The molecule has 1 unspecified atom stereocenters. The van der Waals surface area contributed by atoms with Crippen LogP contribution in [0.3, 0.4) is 0 Å². The SMILES string of the molecule is Cc1ccc(S(=O)(=O)N2C[C@H](OS(=O)C(F)(F)F)C[C@H](c3ccccc3)C2)cc1. The largest absolute Gasteiger partial charge is 0.497 e. The van der Waals surface area contributed by atoms with Crippen molar-refractivity contribution in [1.29, 1.82) is 0 Å². The van der Waals surface area contributed by atoms with Crippen LogP contribution in [0.1, 0.15) is 23.5 Å². The Hall–Kier alpha value is -1.75. The zero-order valence-corrected chi connectivity index (χ0v) is 17.1. The molecule has 3 atom stereocenters. The van der Waals surface area contributed by atoms with E-state index in [9.17, 15) is 25.8 Å². The van der Waals surface area contributed by atoms with Crippen molar-refractivity contribution in [2.24, 2.45) is 0 Å². The second kappa shape index (κ2) is 8.55. The zero-order valence-electron chi connectivity index (χ0n) is 15.5. The maximum Gasteiger partial charge on any atom is 0.497 e. The lowest BCUT2D eigenvalue weighted by Gasteiger charge is -2.36. The Bertz CT molecular complexity index is 963. The van der Waals surface area contributed by atoms with Gasteiger partial charge in [0.2, 0.25) is 10.0 Å². The third kappa shape index (κ3) is 5.25. The van der Waals surface area contributed by atoms with Gasteiger partial charge < -0.3 is 0 Å². The van der Waals surface area contributed by atoms with E-state index >= 15 is 0 Å². The van der Waals surface area contributed by atoms with Gasteiger partial charge in [0.05, 0.1) is 11.0 Å². The molecule has 1 heterocycles. The highest BCUT2D eigenvalue weighted by Gasteiger charge is 2.43. The smallest absolute Gasteiger partial charge is 0.279 e. The molecule has 0 saturated carbocycles. The van der Waals surface area contributed by atoms with Crippen molar-refractivity contribution in [3.63, 3.8) is 0 Å². The van der Waals surface area contributed by atoms with Crippen molar-refractivity contribution in [3.8, 4) is 0 Å². The van der Waals surface area contributed by atoms with Gasteiger partial charge in [-0.1, -0.05) is 48.0 Å². The summed E-state index contributed by atoms with van der Waals surface area (Å²) in [5, 5.41) is 0. The minimum absolute atomic E-state index is 0.0486. The summed E-state index contributed by atoms with van der Waals surface area (Å²) < 4.78 is 81.5. The fraction of sp³-hybridized carbons (Fsp3) is 0.368. The van der Waals surface area contributed by atoms with Gasteiger partial charge in [0, 0.05) is 19.0 Å². The van der Waals surface area contributed by atoms with Gasteiger partial charge in [-0.25, -0.2) is 12.6 Å². The van der Waals surface area contributed by atoms with Crippen LogP contribution in [0.15, 0.2) is 59.5 Å². The van der Waals surface area contributed by atoms with Crippen LogP contribution in [0.4, 0.5) is 13.2 Å². The first-order chi connectivity index (χ1) is 13.6. The molecule has 0 aliphatic carbocycles. The molecule has 2 aromatic rings. The van der Waals surface area contributed by atoms with Gasteiger partial charge in [-0.2, -0.15) is 17.5 Å². The number of rotatable bonds is 5. The van der Waals surface area contributed by atoms with Gasteiger partial charge in [0.1, 0.15) is 0 Å². The normalized spacial score (nSPS) is 22.3. The molecule has 1 saturated heterocycles. The molecule has 3 rings (SSSR count). The highest BCUT2D eigenvalue weighted by atomic mass is 32.2. The van der Waals surface area contributed by atoms with Crippen LogP contribution < -0.4 is 0 Å². The molecule has 0 spiro atoms. The lowest BCUT2D eigenvalue weighted by Crippen LogP contribution is -2.47. The van der Waals surface area contributed by atoms with Gasteiger partial charge in [0.15, 0.2) is 0 Å². The third-order valence-corrected chi connectivity index (χ3v) is 7.39. The highest BCUT2D eigenvalue weighted by molar-refractivity contribution is 7.89. The van der Waals surface area contributed by atoms with Gasteiger partial charge in [-0.05, 0) is 31.0 Å². The van der Waals surface area contributed by atoms with E-state index in [2.05, 4.69) is 0 Å². The molecule has 29 heavy (non-hydrogen) atoms. The number of hydrogen-bond acceptors (Lipinski definition) is 4. The number of alkyl halides is 3. The van der Waals surface area contributed by atoms with E-state index in [1.807, 2.05) is 6.92 Å². The minimum atomic E-state index is -5.03. The van der Waals surface area contributed by atoms with Crippen molar-refractivity contribution >= 4 is 21.1 Å². The molecule has 158 valence electrons. The van der Waals surface area contributed by atoms with Crippen LogP contribution in [-0.2, 0) is 25.3 Å². The zero-order chi connectivity index (χ0) is 21.2. The average molecular weight is 448 g/mol. The van der Waals surface area contributed by atoms with E-state index in [1.165, 1.54) is 12.1 Å². The van der Waals surface area contributed by atoms with Gasteiger partial charge in [-0.15, -0.1) is 0 Å². The van der Waals surface area contributed by atoms with E-state index in [4.69, 9.17) is 4.18 Å². The Kier molecular flexibility index (Phi) is 6.47. The fourth-order valence-electron chi connectivity index (χ4n) is 3.28. The van der Waals surface area contributed by atoms with E-state index in [-0.39, 0.29) is 30.3 Å². The summed E-state index contributed by atoms with van der Waals surface area (Å²) in [4.78, 5) is 0.0486. The number of aryl methyl sites for hydroxylation is 1. The number of halogens is 3. The van der Waals surface area contributed by atoms with Crippen LogP contribution in [0.2, 0.25) is 0 Å². The molecule has 0 aromatic heterocycles. The maximum absolute atomic E-state index is 13.1. The highest BCUT2D eigenvalue weighted by Crippen LogP contribution is 2.33. The predicted octanol–water partition coefficient (Wildman–Crippen LogP) is 3.74. The summed E-state index contributed by atoms with van der Waals surface area (Å²) in [5.41, 5.74) is -3.37. The number of benzene rings is 2. The molecule has 10 heteroatoms. The Morgan fingerprint density at radius 2 is 1.66 bits per heavy atom. The predicted molar refractivity (Wildman–Crippen MR) is 103 cm³/mol. The molecular weight excluding hydrogens is 427 g/mol. The molecule has 0 amide bonds.